The van der Waals surface area contributed by atoms with E-state index in [0.717, 1.165) is 37.0 Å². The predicted molar refractivity (Wildman–Crippen MR) is 108 cm³/mol. The number of para-hydroxylation sites is 2. The lowest BCUT2D eigenvalue weighted by atomic mass is 9.98. The molecular formula is C20H27ClN4O2. The summed E-state index contributed by atoms with van der Waals surface area (Å²) in [5, 5.41) is 0.399. The Labute approximate surface area is 165 Å². The van der Waals surface area contributed by atoms with Crippen molar-refractivity contribution in [2.75, 3.05) is 31.6 Å². The molecule has 2 aromatic rings. The van der Waals surface area contributed by atoms with Gasteiger partial charge in [-0.25, -0.2) is 14.8 Å². The number of hydrogen-bond acceptors (Lipinski definition) is 5. The van der Waals surface area contributed by atoms with E-state index in [-0.39, 0.29) is 6.09 Å². The summed E-state index contributed by atoms with van der Waals surface area (Å²) in [6.07, 6.45) is 1.79. The fourth-order valence-corrected chi connectivity index (χ4v) is 3.67. The first-order valence-electron chi connectivity index (χ1n) is 9.34. The lowest BCUT2D eigenvalue weighted by molar-refractivity contribution is 0.0170. The van der Waals surface area contributed by atoms with Crippen LogP contribution in [0.1, 0.15) is 33.6 Å². The molecule has 1 aromatic carbocycles. The number of likely N-dealkylation sites (tertiary alicyclic amines) is 1. The first-order chi connectivity index (χ1) is 12.7. The minimum atomic E-state index is -0.477. The highest BCUT2D eigenvalue weighted by molar-refractivity contribution is 6.32. The van der Waals surface area contributed by atoms with Gasteiger partial charge in [-0.05, 0) is 51.7 Å². The predicted octanol–water partition coefficient (Wildman–Crippen LogP) is 4.37. The summed E-state index contributed by atoms with van der Waals surface area (Å²) in [6.45, 7) is 7.84. The highest BCUT2D eigenvalue weighted by Gasteiger charge is 2.28. The van der Waals surface area contributed by atoms with E-state index in [2.05, 4.69) is 9.97 Å². The summed E-state index contributed by atoms with van der Waals surface area (Å²) in [6, 6.07) is 7.69. The standard InChI is InChI=1S/C20H27ClN4O2/c1-20(2,3)27-19(26)25-11-7-8-14(13-25)12-24(4)18-17(21)22-15-9-5-6-10-16(15)23-18/h5-6,9-10,14H,7-8,11-13H2,1-4H3. The zero-order chi connectivity index (χ0) is 19.6. The van der Waals surface area contributed by atoms with Crippen molar-refractivity contribution in [2.45, 2.75) is 39.2 Å². The number of rotatable bonds is 3. The number of carbonyl (C=O) groups excluding carboxylic acids is 1. The molecule has 1 saturated heterocycles. The number of nitrogens with zero attached hydrogens (tertiary/aromatic N) is 4. The van der Waals surface area contributed by atoms with Crippen molar-refractivity contribution < 1.29 is 9.53 Å². The third-order valence-corrected chi connectivity index (χ3v) is 4.83. The molecule has 27 heavy (non-hydrogen) atoms. The molecular weight excluding hydrogens is 364 g/mol. The van der Waals surface area contributed by atoms with Crippen LogP contribution in [0.15, 0.2) is 24.3 Å². The van der Waals surface area contributed by atoms with Gasteiger partial charge in [0.15, 0.2) is 11.0 Å². The van der Waals surface area contributed by atoms with Crippen LogP contribution in [0, 0.1) is 5.92 Å². The largest absolute Gasteiger partial charge is 0.444 e. The molecule has 0 aliphatic carbocycles. The van der Waals surface area contributed by atoms with Crippen molar-refractivity contribution in [2.24, 2.45) is 5.92 Å². The summed E-state index contributed by atoms with van der Waals surface area (Å²) in [5.74, 6) is 1.00. The number of hydrogen-bond donors (Lipinski definition) is 0. The maximum absolute atomic E-state index is 12.4. The SMILES string of the molecule is CN(CC1CCCN(C(=O)OC(C)(C)C)C1)c1nc2ccccc2nc1Cl. The summed E-state index contributed by atoms with van der Waals surface area (Å²) in [4.78, 5) is 25.3. The molecule has 146 valence electrons. The second-order valence-electron chi connectivity index (χ2n) is 8.14. The maximum atomic E-state index is 12.4. The van der Waals surface area contributed by atoms with Gasteiger partial charge < -0.3 is 14.5 Å². The molecule has 7 heteroatoms. The van der Waals surface area contributed by atoms with Crippen LogP contribution in [0.3, 0.4) is 0 Å². The molecule has 0 saturated carbocycles. The fraction of sp³-hybridized carbons (Fsp3) is 0.550. The van der Waals surface area contributed by atoms with Gasteiger partial charge >= 0.3 is 6.09 Å². The second kappa shape index (κ2) is 7.89. The van der Waals surface area contributed by atoms with E-state index in [0.29, 0.717) is 23.4 Å². The van der Waals surface area contributed by atoms with Crippen molar-refractivity contribution in [3.05, 3.63) is 29.4 Å². The highest BCUT2D eigenvalue weighted by atomic mass is 35.5. The zero-order valence-electron chi connectivity index (χ0n) is 16.4. The molecule has 0 radical (unpaired) electrons. The molecule has 0 spiro atoms. The number of carbonyl (C=O) groups is 1. The lowest BCUT2D eigenvalue weighted by Crippen LogP contribution is -2.45. The minimum absolute atomic E-state index is 0.238. The van der Waals surface area contributed by atoms with Crippen LogP contribution in [-0.2, 0) is 4.74 Å². The maximum Gasteiger partial charge on any atom is 0.410 e. The molecule has 0 bridgehead atoms. The molecule has 1 aromatic heterocycles. The summed E-state index contributed by atoms with van der Waals surface area (Å²) in [5.41, 5.74) is 1.13. The molecule has 1 fully saturated rings. The average Bonchev–Trinajstić information content (AvgIpc) is 2.60. The molecule has 1 unspecified atom stereocenters. The quantitative estimate of drug-likeness (QED) is 0.778. The van der Waals surface area contributed by atoms with Crippen LogP contribution in [0.2, 0.25) is 5.15 Å². The Morgan fingerprint density at radius 1 is 1.30 bits per heavy atom. The van der Waals surface area contributed by atoms with Gasteiger partial charge in [-0.15, -0.1) is 0 Å². The zero-order valence-corrected chi connectivity index (χ0v) is 17.2. The number of ether oxygens (including phenoxy) is 1. The van der Waals surface area contributed by atoms with E-state index in [1.807, 2.05) is 57.0 Å². The Kier molecular flexibility index (Phi) is 5.75. The molecule has 6 nitrogen and oxygen atoms in total. The Bertz CT molecular complexity index is 821. The van der Waals surface area contributed by atoms with Gasteiger partial charge in [0.25, 0.3) is 0 Å². The van der Waals surface area contributed by atoms with E-state index in [9.17, 15) is 4.79 Å². The van der Waals surface area contributed by atoms with E-state index in [4.69, 9.17) is 16.3 Å². The Balaban J connectivity index is 1.68. The lowest BCUT2D eigenvalue weighted by Gasteiger charge is -2.35. The van der Waals surface area contributed by atoms with Gasteiger partial charge in [-0.1, -0.05) is 23.7 Å². The molecule has 1 aliphatic heterocycles. The first-order valence-corrected chi connectivity index (χ1v) is 9.72. The summed E-state index contributed by atoms with van der Waals surface area (Å²) in [7, 11) is 1.97. The first kappa shape index (κ1) is 19.7. The molecule has 0 N–H and O–H groups in total. The highest BCUT2D eigenvalue weighted by Crippen LogP contribution is 2.26. The van der Waals surface area contributed by atoms with E-state index in [1.165, 1.54) is 0 Å². The van der Waals surface area contributed by atoms with Crippen LogP contribution in [0.4, 0.5) is 10.6 Å². The van der Waals surface area contributed by atoms with Crippen LogP contribution in [-0.4, -0.2) is 53.2 Å². The van der Waals surface area contributed by atoms with Gasteiger partial charge in [0, 0.05) is 26.7 Å². The number of anilines is 1. The smallest absolute Gasteiger partial charge is 0.410 e. The Morgan fingerprint density at radius 3 is 2.63 bits per heavy atom. The van der Waals surface area contributed by atoms with Crippen molar-refractivity contribution in [1.82, 2.24) is 14.9 Å². The number of aromatic nitrogens is 2. The topological polar surface area (TPSA) is 58.6 Å². The third kappa shape index (κ3) is 5.01. The van der Waals surface area contributed by atoms with Crippen LogP contribution in [0.5, 0.6) is 0 Å². The van der Waals surface area contributed by atoms with Gasteiger partial charge in [0.1, 0.15) is 5.60 Å². The Morgan fingerprint density at radius 2 is 1.96 bits per heavy atom. The van der Waals surface area contributed by atoms with Crippen LogP contribution >= 0.6 is 11.6 Å². The number of amides is 1. The van der Waals surface area contributed by atoms with Gasteiger partial charge in [-0.3, -0.25) is 0 Å². The molecule has 1 aliphatic rings. The molecule has 3 rings (SSSR count). The summed E-state index contributed by atoms with van der Waals surface area (Å²) >= 11 is 6.37. The number of halogens is 1. The number of piperidine rings is 1. The average molecular weight is 391 g/mol. The van der Waals surface area contributed by atoms with E-state index < -0.39 is 5.60 Å². The normalized spacial score (nSPS) is 17.8. The molecule has 1 amide bonds. The van der Waals surface area contributed by atoms with Crippen molar-refractivity contribution >= 4 is 34.5 Å². The van der Waals surface area contributed by atoms with Gasteiger partial charge in [0.2, 0.25) is 0 Å². The third-order valence-electron chi connectivity index (χ3n) is 4.58. The fourth-order valence-electron chi connectivity index (χ4n) is 3.39. The van der Waals surface area contributed by atoms with Gasteiger partial charge in [-0.2, -0.15) is 0 Å². The van der Waals surface area contributed by atoms with Crippen molar-refractivity contribution in [1.29, 1.82) is 0 Å². The summed E-state index contributed by atoms with van der Waals surface area (Å²) < 4.78 is 5.51. The van der Waals surface area contributed by atoms with Crippen molar-refractivity contribution in [3.8, 4) is 0 Å². The molecule has 1 atom stereocenters. The number of fused-ring (bicyclic) bond motifs is 1. The van der Waals surface area contributed by atoms with E-state index >= 15 is 0 Å². The van der Waals surface area contributed by atoms with E-state index in [1.54, 1.807) is 4.90 Å². The van der Waals surface area contributed by atoms with Crippen LogP contribution < -0.4 is 4.90 Å². The monoisotopic (exact) mass is 390 g/mol. The van der Waals surface area contributed by atoms with Gasteiger partial charge in [0.05, 0.1) is 11.0 Å². The minimum Gasteiger partial charge on any atom is -0.444 e. The second-order valence-corrected chi connectivity index (χ2v) is 8.50. The Hall–Kier alpha value is -2.08. The number of benzene rings is 1. The van der Waals surface area contributed by atoms with Crippen LogP contribution in [0.25, 0.3) is 11.0 Å². The van der Waals surface area contributed by atoms with Crippen molar-refractivity contribution in [3.63, 3.8) is 0 Å². The molecule has 2 heterocycles.